The molecule has 4 rings (SSSR count). The Hall–Kier alpha value is -1.87. The van der Waals surface area contributed by atoms with E-state index in [0.29, 0.717) is 0 Å². The topological polar surface area (TPSA) is 29.1 Å². The predicted molar refractivity (Wildman–Crippen MR) is 85.1 cm³/mol. The van der Waals surface area contributed by atoms with Gasteiger partial charge in [-0.2, -0.15) is 0 Å². The molecule has 1 heterocycles. The van der Waals surface area contributed by atoms with Crippen LogP contribution in [-0.2, 0) is 4.79 Å². The lowest BCUT2D eigenvalue weighted by molar-refractivity contribution is -0.127. The van der Waals surface area contributed by atoms with Gasteiger partial charge in [-0.15, -0.1) is 0 Å². The van der Waals surface area contributed by atoms with Crippen molar-refractivity contribution in [1.29, 1.82) is 0 Å². The van der Waals surface area contributed by atoms with E-state index in [9.17, 15) is 4.79 Å². The van der Waals surface area contributed by atoms with Crippen LogP contribution >= 0.6 is 15.9 Å². The molecule has 0 unspecified atom stereocenters. The molecule has 1 aliphatic rings. The second-order valence-corrected chi connectivity index (χ2v) is 6.11. The highest BCUT2D eigenvalue weighted by atomic mass is 79.9. The Balaban J connectivity index is 2.06. The largest absolute Gasteiger partial charge is 0.347 e. The molecule has 98 valence electrons. The van der Waals surface area contributed by atoms with Crippen LogP contribution in [0.2, 0.25) is 0 Å². The molecule has 0 aliphatic carbocycles. The summed E-state index contributed by atoms with van der Waals surface area (Å²) in [6, 6.07) is 19.0. The molecule has 0 spiro atoms. The number of nitrogens with one attached hydrogen (secondary N) is 1. The van der Waals surface area contributed by atoms with Gasteiger partial charge in [-0.1, -0.05) is 64.5 Å². The number of β-lactam (4-membered cyclic amide) rings is 1. The van der Waals surface area contributed by atoms with Gasteiger partial charge in [0.05, 0.1) is 6.04 Å². The number of rotatable bonds is 1. The minimum Gasteiger partial charge on any atom is -0.347 e. The summed E-state index contributed by atoms with van der Waals surface area (Å²) in [5.74, 6) is 0.0623. The van der Waals surface area contributed by atoms with Crippen LogP contribution in [0.5, 0.6) is 0 Å². The first-order valence-corrected chi connectivity index (χ1v) is 7.52. The monoisotopic (exact) mass is 325 g/mol. The Kier molecular flexibility index (Phi) is 2.57. The molecular formula is C17H12BrNO. The van der Waals surface area contributed by atoms with Crippen molar-refractivity contribution >= 4 is 43.4 Å². The SMILES string of the molecule is O=C1N[C@H](c2cc3ccccc3c3ccccc23)[C@H]1Br. The Bertz CT molecular complexity index is 843. The highest BCUT2D eigenvalue weighted by molar-refractivity contribution is 9.10. The van der Waals surface area contributed by atoms with E-state index in [0.717, 1.165) is 0 Å². The number of benzene rings is 3. The van der Waals surface area contributed by atoms with Gasteiger partial charge in [0.2, 0.25) is 5.91 Å². The predicted octanol–water partition coefficient (Wildman–Crippen LogP) is 3.93. The van der Waals surface area contributed by atoms with Crippen molar-refractivity contribution in [3.05, 3.63) is 60.2 Å². The first kappa shape index (κ1) is 11.9. The molecule has 3 heteroatoms. The van der Waals surface area contributed by atoms with Gasteiger partial charge >= 0.3 is 0 Å². The molecule has 1 fully saturated rings. The van der Waals surface area contributed by atoms with E-state index >= 15 is 0 Å². The summed E-state index contributed by atoms with van der Waals surface area (Å²) in [4.78, 5) is 11.3. The molecule has 3 aromatic carbocycles. The second kappa shape index (κ2) is 4.32. The number of alkyl halides is 1. The molecule has 0 bridgehead atoms. The molecule has 2 nitrogen and oxygen atoms in total. The van der Waals surface area contributed by atoms with E-state index in [2.05, 4.69) is 63.7 Å². The van der Waals surface area contributed by atoms with Gasteiger partial charge in [-0.3, -0.25) is 4.79 Å². The maximum absolute atomic E-state index is 11.5. The maximum atomic E-state index is 11.5. The van der Waals surface area contributed by atoms with Crippen molar-refractivity contribution in [1.82, 2.24) is 5.32 Å². The summed E-state index contributed by atoms with van der Waals surface area (Å²) >= 11 is 3.47. The van der Waals surface area contributed by atoms with E-state index in [-0.39, 0.29) is 16.8 Å². The standard InChI is InChI=1S/C17H12BrNO/c18-15-16(19-17(15)20)14-9-10-5-1-2-6-11(10)12-7-3-4-8-13(12)14/h1-9,15-16H,(H,19,20)/t15-,16-/m1/s1. The van der Waals surface area contributed by atoms with Crippen LogP contribution in [-0.4, -0.2) is 10.7 Å². The molecule has 1 aliphatic heterocycles. The van der Waals surface area contributed by atoms with Crippen LogP contribution in [0, 0.1) is 0 Å². The third-order valence-corrected chi connectivity index (χ3v) is 4.92. The Morgan fingerprint density at radius 1 is 0.900 bits per heavy atom. The molecule has 0 aromatic heterocycles. The van der Waals surface area contributed by atoms with E-state index in [4.69, 9.17) is 0 Å². The fourth-order valence-electron chi connectivity index (χ4n) is 2.94. The second-order valence-electron chi connectivity index (χ2n) is 5.12. The summed E-state index contributed by atoms with van der Waals surface area (Å²) in [7, 11) is 0. The lowest BCUT2D eigenvalue weighted by Gasteiger charge is -2.34. The number of halogens is 1. The van der Waals surface area contributed by atoms with E-state index < -0.39 is 0 Å². The molecule has 3 aromatic rings. The van der Waals surface area contributed by atoms with E-state index in [1.807, 2.05) is 12.1 Å². The number of fused-ring (bicyclic) bond motifs is 3. The lowest BCUT2D eigenvalue weighted by Crippen LogP contribution is -2.52. The van der Waals surface area contributed by atoms with Crippen molar-refractivity contribution in [2.45, 2.75) is 10.9 Å². The van der Waals surface area contributed by atoms with Crippen molar-refractivity contribution in [3.63, 3.8) is 0 Å². The third kappa shape index (κ3) is 1.59. The minimum absolute atomic E-state index is 0.0528. The maximum Gasteiger partial charge on any atom is 0.236 e. The van der Waals surface area contributed by atoms with Crippen LogP contribution in [0.25, 0.3) is 21.5 Å². The van der Waals surface area contributed by atoms with Gasteiger partial charge in [0.15, 0.2) is 0 Å². The number of carbonyl (C=O) groups excluding carboxylic acids is 1. The number of hydrogen-bond acceptors (Lipinski definition) is 1. The van der Waals surface area contributed by atoms with Crippen LogP contribution < -0.4 is 5.32 Å². The third-order valence-electron chi connectivity index (χ3n) is 3.98. The fourth-order valence-corrected chi connectivity index (χ4v) is 3.49. The van der Waals surface area contributed by atoms with Crippen molar-refractivity contribution < 1.29 is 4.79 Å². The van der Waals surface area contributed by atoms with Crippen molar-refractivity contribution in [2.75, 3.05) is 0 Å². The van der Waals surface area contributed by atoms with Gasteiger partial charge in [-0.25, -0.2) is 0 Å². The summed E-state index contributed by atoms with van der Waals surface area (Å²) < 4.78 is 0. The number of amides is 1. The Morgan fingerprint density at radius 3 is 2.25 bits per heavy atom. The fraction of sp³-hybridized carbons (Fsp3) is 0.118. The van der Waals surface area contributed by atoms with Gasteiger partial charge in [0.25, 0.3) is 0 Å². The summed E-state index contributed by atoms with van der Waals surface area (Å²) in [6.45, 7) is 0. The van der Waals surface area contributed by atoms with Gasteiger partial charge in [-0.05, 0) is 33.2 Å². The van der Waals surface area contributed by atoms with Crippen LogP contribution in [0.15, 0.2) is 54.6 Å². The highest BCUT2D eigenvalue weighted by Crippen LogP contribution is 2.37. The molecule has 2 atom stereocenters. The zero-order valence-corrected chi connectivity index (χ0v) is 12.2. The Morgan fingerprint density at radius 2 is 1.55 bits per heavy atom. The number of carbonyl (C=O) groups is 1. The zero-order valence-electron chi connectivity index (χ0n) is 10.6. The highest BCUT2D eigenvalue weighted by Gasteiger charge is 2.39. The summed E-state index contributed by atoms with van der Waals surface area (Å²) in [5, 5.41) is 7.89. The lowest BCUT2D eigenvalue weighted by atomic mass is 9.89. The average molecular weight is 326 g/mol. The molecule has 1 saturated heterocycles. The summed E-state index contributed by atoms with van der Waals surface area (Å²) in [5.41, 5.74) is 1.18. The average Bonchev–Trinajstić information content (AvgIpc) is 2.51. The molecule has 1 N–H and O–H groups in total. The first-order chi connectivity index (χ1) is 9.75. The van der Waals surface area contributed by atoms with Crippen LogP contribution in [0.1, 0.15) is 11.6 Å². The molecular weight excluding hydrogens is 314 g/mol. The van der Waals surface area contributed by atoms with Crippen LogP contribution in [0.3, 0.4) is 0 Å². The zero-order chi connectivity index (χ0) is 13.7. The summed E-state index contributed by atoms with van der Waals surface area (Å²) in [6.07, 6.45) is 0. The quantitative estimate of drug-likeness (QED) is 0.410. The van der Waals surface area contributed by atoms with Crippen molar-refractivity contribution in [3.8, 4) is 0 Å². The normalized spacial score (nSPS) is 21.8. The molecule has 0 radical (unpaired) electrons. The minimum atomic E-state index is -0.132. The van der Waals surface area contributed by atoms with E-state index in [1.165, 1.54) is 27.1 Å². The molecule has 1 amide bonds. The number of hydrogen-bond donors (Lipinski definition) is 1. The van der Waals surface area contributed by atoms with Crippen LogP contribution in [0.4, 0.5) is 0 Å². The van der Waals surface area contributed by atoms with E-state index in [1.54, 1.807) is 0 Å². The molecule has 0 saturated carbocycles. The van der Waals surface area contributed by atoms with Gasteiger partial charge < -0.3 is 5.32 Å². The van der Waals surface area contributed by atoms with Gasteiger partial charge in [0, 0.05) is 0 Å². The first-order valence-electron chi connectivity index (χ1n) is 6.60. The molecule has 20 heavy (non-hydrogen) atoms. The smallest absolute Gasteiger partial charge is 0.236 e. The Labute approximate surface area is 124 Å². The van der Waals surface area contributed by atoms with Gasteiger partial charge in [0.1, 0.15) is 4.83 Å². The van der Waals surface area contributed by atoms with Crippen molar-refractivity contribution in [2.24, 2.45) is 0 Å².